The van der Waals surface area contributed by atoms with Gasteiger partial charge in [0.1, 0.15) is 10.8 Å². The summed E-state index contributed by atoms with van der Waals surface area (Å²) in [6, 6.07) is 9.47. The molecule has 0 unspecified atom stereocenters. The molecule has 0 amide bonds. The van der Waals surface area contributed by atoms with E-state index in [1.807, 2.05) is 0 Å². The zero-order chi connectivity index (χ0) is 18.8. The van der Waals surface area contributed by atoms with Gasteiger partial charge in [-0.3, -0.25) is 4.57 Å². The Morgan fingerprint density at radius 1 is 1.26 bits per heavy atom. The Labute approximate surface area is 160 Å². The third-order valence-electron chi connectivity index (χ3n) is 3.56. The van der Waals surface area contributed by atoms with Crippen molar-refractivity contribution >= 4 is 29.1 Å². The van der Waals surface area contributed by atoms with Crippen molar-refractivity contribution in [2.45, 2.75) is 10.9 Å². The lowest BCUT2D eigenvalue weighted by molar-refractivity contribution is 0.0691. The fraction of sp³-hybridized carbons (Fsp3) is 0.0588. The molecule has 3 heterocycles. The number of carboxylic acid groups (broad SMARTS) is 1. The number of furan rings is 1. The van der Waals surface area contributed by atoms with Crippen molar-refractivity contribution in [1.82, 2.24) is 19.7 Å². The fourth-order valence-electron chi connectivity index (χ4n) is 2.35. The molecule has 4 aromatic rings. The molecule has 0 aliphatic rings. The summed E-state index contributed by atoms with van der Waals surface area (Å²) in [5.74, 6) is 0.0392. The molecule has 10 heteroatoms. The lowest BCUT2D eigenvalue weighted by Gasteiger charge is -2.08. The van der Waals surface area contributed by atoms with Crippen LogP contribution in [0.15, 0.2) is 57.6 Å². The maximum atomic E-state index is 13.3. The number of aromatic carboxylic acids is 1. The van der Waals surface area contributed by atoms with Gasteiger partial charge in [-0.15, -0.1) is 21.5 Å². The Morgan fingerprint density at radius 2 is 2.07 bits per heavy atom. The summed E-state index contributed by atoms with van der Waals surface area (Å²) in [5, 5.41) is 20.1. The molecule has 0 atom stereocenters. The Kier molecular flexibility index (Phi) is 4.73. The number of carboxylic acids is 1. The highest BCUT2D eigenvalue weighted by atomic mass is 32.2. The number of nitrogens with zero attached hydrogens (tertiary/aromatic N) is 4. The first-order chi connectivity index (χ1) is 13.1. The third kappa shape index (κ3) is 3.62. The Morgan fingerprint density at radius 3 is 2.74 bits per heavy atom. The largest absolute Gasteiger partial charge is 0.476 e. The molecule has 1 N–H and O–H groups in total. The first-order valence-electron chi connectivity index (χ1n) is 7.67. The minimum atomic E-state index is -1.06. The molecule has 0 spiro atoms. The van der Waals surface area contributed by atoms with E-state index in [4.69, 9.17) is 9.52 Å². The Bertz CT molecular complexity index is 1070. The van der Waals surface area contributed by atoms with Crippen LogP contribution < -0.4 is 0 Å². The van der Waals surface area contributed by atoms with Gasteiger partial charge in [0.05, 0.1) is 17.7 Å². The monoisotopic (exact) mass is 402 g/mol. The summed E-state index contributed by atoms with van der Waals surface area (Å²) in [6.45, 7) is 0. The average molecular weight is 402 g/mol. The van der Waals surface area contributed by atoms with E-state index in [1.54, 1.807) is 28.8 Å². The summed E-state index contributed by atoms with van der Waals surface area (Å²) < 4.78 is 20.5. The van der Waals surface area contributed by atoms with Gasteiger partial charge in [-0.05, 0) is 36.4 Å². The minimum Gasteiger partial charge on any atom is -0.476 e. The van der Waals surface area contributed by atoms with E-state index in [1.165, 1.54) is 46.9 Å². The van der Waals surface area contributed by atoms with E-state index in [9.17, 15) is 9.18 Å². The van der Waals surface area contributed by atoms with Crippen LogP contribution in [-0.4, -0.2) is 30.8 Å². The van der Waals surface area contributed by atoms with Gasteiger partial charge in [-0.1, -0.05) is 11.8 Å². The summed E-state index contributed by atoms with van der Waals surface area (Å²) >= 11 is 2.62. The van der Waals surface area contributed by atoms with Gasteiger partial charge in [0.2, 0.25) is 5.82 Å². The van der Waals surface area contributed by atoms with Crippen LogP contribution in [0.25, 0.3) is 17.3 Å². The lowest BCUT2D eigenvalue weighted by Crippen LogP contribution is -2.00. The summed E-state index contributed by atoms with van der Waals surface area (Å²) in [4.78, 5) is 15.0. The molecule has 136 valence electrons. The predicted molar refractivity (Wildman–Crippen MR) is 97.7 cm³/mol. The van der Waals surface area contributed by atoms with Crippen molar-refractivity contribution in [2.24, 2.45) is 0 Å². The second-order valence-electron chi connectivity index (χ2n) is 5.32. The molecule has 0 saturated heterocycles. The van der Waals surface area contributed by atoms with Crippen LogP contribution in [0.4, 0.5) is 4.39 Å². The number of benzene rings is 1. The van der Waals surface area contributed by atoms with E-state index in [-0.39, 0.29) is 11.5 Å². The van der Waals surface area contributed by atoms with Gasteiger partial charge in [-0.2, -0.15) is 0 Å². The van der Waals surface area contributed by atoms with Crippen LogP contribution >= 0.6 is 23.1 Å². The second-order valence-corrected chi connectivity index (χ2v) is 7.20. The normalized spacial score (nSPS) is 11.0. The first-order valence-corrected chi connectivity index (χ1v) is 9.54. The zero-order valence-corrected chi connectivity index (χ0v) is 15.2. The molecule has 1 aromatic carbocycles. The molecule has 3 aromatic heterocycles. The van der Waals surface area contributed by atoms with Crippen LogP contribution in [0.5, 0.6) is 0 Å². The molecule has 4 rings (SSSR count). The van der Waals surface area contributed by atoms with Gasteiger partial charge in [0.15, 0.2) is 16.6 Å². The van der Waals surface area contributed by atoms with Gasteiger partial charge < -0.3 is 9.52 Å². The number of aromatic nitrogens is 4. The van der Waals surface area contributed by atoms with Gasteiger partial charge in [0, 0.05) is 5.38 Å². The number of thiazole rings is 1. The third-order valence-corrected chi connectivity index (χ3v) is 5.53. The van der Waals surface area contributed by atoms with E-state index < -0.39 is 5.97 Å². The molecule has 0 aliphatic carbocycles. The fourth-order valence-corrected chi connectivity index (χ4v) is 4.09. The Balaban J connectivity index is 1.67. The highest BCUT2D eigenvalue weighted by Crippen LogP contribution is 2.30. The molecule has 0 fully saturated rings. The number of carbonyl (C=O) groups is 1. The molecule has 0 saturated carbocycles. The van der Waals surface area contributed by atoms with Gasteiger partial charge in [-0.25, -0.2) is 14.2 Å². The van der Waals surface area contributed by atoms with Crippen molar-refractivity contribution in [1.29, 1.82) is 0 Å². The van der Waals surface area contributed by atoms with E-state index in [0.717, 1.165) is 0 Å². The Hall–Kier alpha value is -2.98. The van der Waals surface area contributed by atoms with E-state index in [0.29, 0.717) is 33.2 Å². The van der Waals surface area contributed by atoms with Crippen LogP contribution in [-0.2, 0) is 5.75 Å². The highest BCUT2D eigenvalue weighted by Gasteiger charge is 2.19. The predicted octanol–water partition coefficient (Wildman–Crippen LogP) is 4.11. The van der Waals surface area contributed by atoms with Crippen LogP contribution in [0.3, 0.4) is 0 Å². The van der Waals surface area contributed by atoms with Gasteiger partial charge in [0.25, 0.3) is 0 Å². The minimum absolute atomic E-state index is 0.0203. The SMILES string of the molecule is O=C(O)c1csc(CSc2nnc(-c3ccco3)n2-c2ccc(F)cc2)n1. The van der Waals surface area contributed by atoms with Crippen LogP contribution in [0.2, 0.25) is 0 Å². The topological polar surface area (TPSA) is 94.0 Å². The number of thioether (sulfide) groups is 1. The number of hydrogen-bond acceptors (Lipinski definition) is 7. The standard InChI is InChI=1S/C17H11FN4O3S2/c18-10-3-5-11(6-4-10)22-15(13-2-1-7-25-13)20-21-17(22)27-9-14-19-12(8-26-14)16(23)24/h1-8H,9H2,(H,23,24). The van der Waals surface area contributed by atoms with Crippen molar-refractivity contribution in [3.8, 4) is 17.3 Å². The highest BCUT2D eigenvalue weighted by molar-refractivity contribution is 7.98. The summed E-state index contributed by atoms with van der Waals surface area (Å²) in [7, 11) is 0. The van der Waals surface area contributed by atoms with Crippen LogP contribution in [0.1, 0.15) is 15.5 Å². The quantitative estimate of drug-likeness (QED) is 0.485. The lowest BCUT2D eigenvalue weighted by atomic mass is 10.3. The molecular formula is C17H11FN4O3S2. The van der Waals surface area contributed by atoms with Crippen molar-refractivity contribution in [2.75, 3.05) is 0 Å². The molecule has 0 aliphatic heterocycles. The maximum Gasteiger partial charge on any atom is 0.355 e. The second kappa shape index (κ2) is 7.33. The van der Waals surface area contributed by atoms with Crippen LogP contribution in [0, 0.1) is 5.82 Å². The first kappa shape index (κ1) is 17.4. The average Bonchev–Trinajstić information content (AvgIpc) is 3.40. The van der Waals surface area contributed by atoms with Gasteiger partial charge >= 0.3 is 5.97 Å². The van der Waals surface area contributed by atoms with E-state index in [2.05, 4.69) is 15.2 Å². The number of hydrogen-bond donors (Lipinski definition) is 1. The zero-order valence-electron chi connectivity index (χ0n) is 13.6. The molecule has 7 nitrogen and oxygen atoms in total. The number of halogens is 1. The number of rotatable bonds is 6. The molecular weight excluding hydrogens is 391 g/mol. The molecule has 0 radical (unpaired) electrons. The van der Waals surface area contributed by atoms with Crippen molar-refractivity contribution in [3.05, 3.63) is 64.6 Å². The van der Waals surface area contributed by atoms with E-state index >= 15 is 0 Å². The van der Waals surface area contributed by atoms with Crippen molar-refractivity contribution < 1.29 is 18.7 Å². The summed E-state index contributed by atoms with van der Waals surface area (Å²) in [5.41, 5.74) is 0.701. The van der Waals surface area contributed by atoms with Crippen molar-refractivity contribution in [3.63, 3.8) is 0 Å². The maximum absolute atomic E-state index is 13.3. The molecule has 27 heavy (non-hydrogen) atoms. The summed E-state index contributed by atoms with van der Waals surface area (Å²) in [6.07, 6.45) is 1.54. The smallest absolute Gasteiger partial charge is 0.355 e. The molecule has 0 bridgehead atoms.